The molecule has 0 spiro atoms. The molecular weight excluding hydrogens is 232 g/mol. The molecule has 3 heteroatoms. The summed E-state index contributed by atoms with van der Waals surface area (Å²) in [4.78, 5) is 0. The van der Waals surface area contributed by atoms with Crippen LogP contribution in [0.4, 0.5) is 8.78 Å². The Hall–Kier alpha value is -1.74. The minimum absolute atomic E-state index is 0.0310. The van der Waals surface area contributed by atoms with Gasteiger partial charge in [0, 0.05) is 17.7 Å². The third-order valence-electron chi connectivity index (χ3n) is 3.54. The zero-order valence-electron chi connectivity index (χ0n) is 9.79. The first-order valence-corrected chi connectivity index (χ1v) is 5.99. The van der Waals surface area contributed by atoms with Gasteiger partial charge in [0.25, 0.3) is 0 Å². The molecule has 0 aliphatic heterocycles. The maximum atomic E-state index is 13.8. The van der Waals surface area contributed by atoms with Crippen LogP contribution in [0.2, 0.25) is 0 Å². The van der Waals surface area contributed by atoms with Gasteiger partial charge in [0.05, 0.1) is 0 Å². The summed E-state index contributed by atoms with van der Waals surface area (Å²) in [6.07, 6.45) is 1.73. The SMILES string of the molecule is NC1CCc2c(-c3ccc(F)cc3F)cccc21. The van der Waals surface area contributed by atoms with Gasteiger partial charge in [0.1, 0.15) is 11.6 Å². The van der Waals surface area contributed by atoms with Gasteiger partial charge in [-0.2, -0.15) is 0 Å². The molecule has 1 atom stereocenters. The van der Waals surface area contributed by atoms with E-state index in [-0.39, 0.29) is 6.04 Å². The quantitative estimate of drug-likeness (QED) is 0.816. The van der Waals surface area contributed by atoms with Gasteiger partial charge in [-0.1, -0.05) is 18.2 Å². The smallest absolute Gasteiger partial charge is 0.133 e. The van der Waals surface area contributed by atoms with E-state index >= 15 is 0 Å². The molecule has 1 aliphatic carbocycles. The van der Waals surface area contributed by atoms with Crippen molar-refractivity contribution in [1.82, 2.24) is 0 Å². The molecule has 1 nitrogen and oxygen atoms in total. The number of nitrogens with two attached hydrogens (primary N) is 1. The molecule has 0 fully saturated rings. The number of rotatable bonds is 1. The molecule has 2 aromatic rings. The first kappa shape index (κ1) is 11.4. The van der Waals surface area contributed by atoms with Gasteiger partial charge in [-0.25, -0.2) is 8.78 Å². The molecule has 0 bridgehead atoms. The summed E-state index contributed by atoms with van der Waals surface area (Å²) < 4.78 is 26.8. The molecule has 18 heavy (non-hydrogen) atoms. The highest BCUT2D eigenvalue weighted by atomic mass is 19.1. The molecular formula is C15H13F2N. The summed E-state index contributed by atoms with van der Waals surface area (Å²) in [6, 6.07) is 9.46. The van der Waals surface area contributed by atoms with Gasteiger partial charge in [0.15, 0.2) is 0 Å². The van der Waals surface area contributed by atoms with E-state index in [1.165, 1.54) is 12.1 Å². The Bertz CT molecular complexity index is 607. The van der Waals surface area contributed by atoms with E-state index in [0.717, 1.165) is 35.6 Å². The maximum absolute atomic E-state index is 13.8. The molecule has 0 saturated carbocycles. The van der Waals surface area contributed by atoms with Crippen molar-refractivity contribution < 1.29 is 8.78 Å². The average Bonchev–Trinajstić information content (AvgIpc) is 2.72. The number of benzene rings is 2. The summed E-state index contributed by atoms with van der Waals surface area (Å²) in [5, 5.41) is 0. The second kappa shape index (κ2) is 4.18. The molecule has 2 N–H and O–H groups in total. The second-order valence-corrected chi connectivity index (χ2v) is 4.64. The Labute approximate surface area is 104 Å². The van der Waals surface area contributed by atoms with Gasteiger partial charge in [0.2, 0.25) is 0 Å². The molecule has 1 unspecified atom stereocenters. The van der Waals surface area contributed by atoms with E-state index in [1.54, 1.807) is 0 Å². The zero-order valence-corrected chi connectivity index (χ0v) is 9.79. The number of hydrogen-bond acceptors (Lipinski definition) is 1. The Kier molecular flexibility index (Phi) is 2.63. The first-order chi connectivity index (χ1) is 8.66. The first-order valence-electron chi connectivity index (χ1n) is 5.99. The lowest BCUT2D eigenvalue weighted by Crippen LogP contribution is -2.05. The summed E-state index contributed by atoms with van der Waals surface area (Å²) in [6.45, 7) is 0. The summed E-state index contributed by atoms with van der Waals surface area (Å²) >= 11 is 0. The lowest BCUT2D eigenvalue weighted by Gasteiger charge is -2.10. The zero-order chi connectivity index (χ0) is 12.7. The van der Waals surface area contributed by atoms with E-state index in [4.69, 9.17) is 5.73 Å². The predicted octanol–water partition coefficient (Wildman–Crippen LogP) is 3.58. The van der Waals surface area contributed by atoms with Crippen LogP contribution in [-0.4, -0.2) is 0 Å². The van der Waals surface area contributed by atoms with Gasteiger partial charge < -0.3 is 5.73 Å². The van der Waals surface area contributed by atoms with Crippen molar-refractivity contribution in [3.05, 3.63) is 59.2 Å². The number of hydrogen-bond donors (Lipinski definition) is 1. The molecule has 0 aromatic heterocycles. The van der Waals surface area contributed by atoms with Crippen LogP contribution in [0.1, 0.15) is 23.6 Å². The largest absolute Gasteiger partial charge is 0.324 e. The highest BCUT2D eigenvalue weighted by Gasteiger charge is 2.22. The maximum Gasteiger partial charge on any atom is 0.133 e. The van der Waals surface area contributed by atoms with Crippen LogP contribution >= 0.6 is 0 Å². The number of fused-ring (bicyclic) bond motifs is 1. The fourth-order valence-electron chi connectivity index (χ4n) is 2.65. The van der Waals surface area contributed by atoms with Crippen LogP contribution in [0.3, 0.4) is 0 Å². The van der Waals surface area contributed by atoms with Crippen LogP contribution < -0.4 is 5.73 Å². The van der Waals surface area contributed by atoms with Crippen molar-refractivity contribution in [2.45, 2.75) is 18.9 Å². The highest BCUT2D eigenvalue weighted by Crippen LogP contribution is 2.37. The van der Waals surface area contributed by atoms with E-state index in [9.17, 15) is 8.78 Å². The Balaban J connectivity index is 2.19. The molecule has 2 aromatic carbocycles. The molecule has 92 valence electrons. The minimum Gasteiger partial charge on any atom is -0.324 e. The fraction of sp³-hybridized carbons (Fsp3) is 0.200. The fourth-order valence-corrected chi connectivity index (χ4v) is 2.65. The van der Waals surface area contributed by atoms with E-state index in [2.05, 4.69) is 0 Å². The van der Waals surface area contributed by atoms with E-state index in [0.29, 0.717) is 5.56 Å². The summed E-state index contributed by atoms with van der Waals surface area (Å²) in [5.74, 6) is -1.08. The van der Waals surface area contributed by atoms with Crippen LogP contribution in [0, 0.1) is 11.6 Å². The molecule has 3 rings (SSSR count). The molecule has 0 saturated heterocycles. The third kappa shape index (κ3) is 1.71. The molecule has 0 amide bonds. The van der Waals surface area contributed by atoms with Crippen molar-refractivity contribution in [3.63, 3.8) is 0 Å². The van der Waals surface area contributed by atoms with Crippen molar-refractivity contribution in [2.24, 2.45) is 5.73 Å². The van der Waals surface area contributed by atoms with Crippen molar-refractivity contribution in [3.8, 4) is 11.1 Å². The van der Waals surface area contributed by atoms with Gasteiger partial charge in [-0.15, -0.1) is 0 Å². The minimum atomic E-state index is -0.555. The standard InChI is InChI=1S/C15H13F2N/c16-9-4-5-12(14(17)8-9)10-2-1-3-13-11(10)6-7-15(13)18/h1-5,8,15H,6-7,18H2. The van der Waals surface area contributed by atoms with Crippen LogP contribution in [-0.2, 0) is 6.42 Å². The highest BCUT2D eigenvalue weighted by molar-refractivity contribution is 5.70. The predicted molar refractivity (Wildman–Crippen MR) is 67.0 cm³/mol. The van der Waals surface area contributed by atoms with Crippen molar-refractivity contribution in [2.75, 3.05) is 0 Å². The topological polar surface area (TPSA) is 26.0 Å². The Morgan fingerprint density at radius 1 is 1.06 bits per heavy atom. The normalized spacial score (nSPS) is 17.8. The average molecular weight is 245 g/mol. The van der Waals surface area contributed by atoms with Crippen molar-refractivity contribution in [1.29, 1.82) is 0 Å². The lowest BCUT2D eigenvalue weighted by atomic mass is 9.96. The van der Waals surface area contributed by atoms with Crippen LogP contribution in [0.5, 0.6) is 0 Å². The van der Waals surface area contributed by atoms with Gasteiger partial charge in [-0.05, 0) is 41.7 Å². The second-order valence-electron chi connectivity index (χ2n) is 4.64. The Morgan fingerprint density at radius 2 is 1.89 bits per heavy atom. The lowest BCUT2D eigenvalue weighted by molar-refractivity contribution is 0.585. The third-order valence-corrected chi connectivity index (χ3v) is 3.54. The van der Waals surface area contributed by atoms with Gasteiger partial charge >= 0.3 is 0 Å². The van der Waals surface area contributed by atoms with Crippen LogP contribution in [0.25, 0.3) is 11.1 Å². The number of halogens is 2. The van der Waals surface area contributed by atoms with E-state index < -0.39 is 11.6 Å². The summed E-state index contributed by atoms with van der Waals surface area (Å²) in [7, 11) is 0. The molecule has 0 radical (unpaired) electrons. The molecule has 1 aliphatic rings. The van der Waals surface area contributed by atoms with Crippen molar-refractivity contribution >= 4 is 0 Å². The monoisotopic (exact) mass is 245 g/mol. The summed E-state index contributed by atoms with van der Waals surface area (Å²) in [5.41, 5.74) is 9.45. The molecule has 0 heterocycles. The Morgan fingerprint density at radius 3 is 2.67 bits per heavy atom. The van der Waals surface area contributed by atoms with Gasteiger partial charge in [-0.3, -0.25) is 0 Å². The van der Waals surface area contributed by atoms with E-state index in [1.807, 2.05) is 18.2 Å². The van der Waals surface area contributed by atoms with Crippen LogP contribution in [0.15, 0.2) is 36.4 Å².